The van der Waals surface area contributed by atoms with Crippen LogP contribution in [0.15, 0.2) is 29.8 Å². The molecule has 1 fully saturated rings. The van der Waals surface area contributed by atoms with Gasteiger partial charge in [0.15, 0.2) is 6.10 Å². The molecule has 1 saturated carbocycles. The predicted octanol–water partition coefficient (Wildman–Crippen LogP) is 5.69. The second kappa shape index (κ2) is 7.20. The van der Waals surface area contributed by atoms with Gasteiger partial charge >= 0.3 is 5.97 Å². The van der Waals surface area contributed by atoms with E-state index in [2.05, 4.69) is 19.9 Å². The molecule has 0 spiro atoms. The molecule has 2 bridgehead atoms. The Morgan fingerprint density at radius 1 is 1.36 bits per heavy atom. The third-order valence-electron chi connectivity index (χ3n) is 5.75. The smallest absolute Gasteiger partial charge is 0.347 e. The van der Waals surface area contributed by atoms with Crippen LogP contribution in [0.5, 0.6) is 5.75 Å². The van der Waals surface area contributed by atoms with E-state index >= 15 is 0 Å². The molecule has 3 aliphatic rings. The molecule has 3 atom stereocenters. The number of ether oxygens (including phenoxy) is 2. The van der Waals surface area contributed by atoms with Gasteiger partial charge in [0.2, 0.25) is 0 Å². The summed E-state index contributed by atoms with van der Waals surface area (Å²) in [6.45, 7) is 6.74. The number of halogens is 2. The summed E-state index contributed by atoms with van der Waals surface area (Å²) in [4.78, 5) is 12.2. The zero-order chi connectivity index (χ0) is 18.2. The van der Waals surface area contributed by atoms with Crippen LogP contribution < -0.4 is 4.74 Å². The average Bonchev–Trinajstić information content (AvgIpc) is 2.57. The van der Waals surface area contributed by atoms with E-state index in [0.717, 1.165) is 18.8 Å². The summed E-state index contributed by atoms with van der Waals surface area (Å²) >= 11 is 11.9. The second-order valence-electron chi connectivity index (χ2n) is 7.57. The van der Waals surface area contributed by atoms with Gasteiger partial charge in [-0.15, -0.1) is 0 Å². The summed E-state index contributed by atoms with van der Waals surface area (Å²) in [5.41, 5.74) is 1.84. The lowest BCUT2D eigenvalue weighted by molar-refractivity contribution is -0.151. The highest BCUT2D eigenvalue weighted by atomic mass is 35.5. The fourth-order valence-electron chi connectivity index (χ4n) is 3.95. The van der Waals surface area contributed by atoms with E-state index in [9.17, 15) is 4.79 Å². The Bertz CT molecular complexity index is 696. The number of fused-ring (bicyclic) bond motifs is 1. The third kappa shape index (κ3) is 3.83. The normalized spacial score (nSPS) is 24.8. The zero-order valence-electron chi connectivity index (χ0n) is 14.9. The number of esters is 1. The number of benzene rings is 1. The Hall–Kier alpha value is -1.19. The number of allylic oxidation sites excluding steroid dienone is 1. The van der Waals surface area contributed by atoms with Gasteiger partial charge in [-0.3, -0.25) is 0 Å². The van der Waals surface area contributed by atoms with E-state index in [1.807, 2.05) is 0 Å². The van der Waals surface area contributed by atoms with Crippen molar-refractivity contribution >= 4 is 29.2 Å². The van der Waals surface area contributed by atoms with E-state index in [-0.39, 0.29) is 5.97 Å². The van der Waals surface area contributed by atoms with Crippen molar-refractivity contribution in [1.29, 1.82) is 0 Å². The van der Waals surface area contributed by atoms with E-state index in [1.165, 1.54) is 12.0 Å². The van der Waals surface area contributed by atoms with Crippen LogP contribution in [0, 0.1) is 17.3 Å². The number of rotatable bonds is 6. The lowest BCUT2D eigenvalue weighted by atomic mass is 9.48. The van der Waals surface area contributed by atoms with E-state index in [1.54, 1.807) is 25.1 Å². The number of hydrogen-bond acceptors (Lipinski definition) is 3. The van der Waals surface area contributed by atoms with Gasteiger partial charge in [-0.25, -0.2) is 4.79 Å². The summed E-state index contributed by atoms with van der Waals surface area (Å²) in [5, 5.41) is 0.899. The maximum Gasteiger partial charge on any atom is 0.347 e. The van der Waals surface area contributed by atoms with Gasteiger partial charge in [-0.1, -0.05) is 48.7 Å². The monoisotopic (exact) mass is 382 g/mol. The molecule has 136 valence electrons. The molecule has 0 aliphatic heterocycles. The molecule has 1 aromatic carbocycles. The maximum atomic E-state index is 12.2. The van der Waals surface area contributed by atoms with Crippen LogP contribution in [-0.4, -0.2) is 18.7 Å². The van der Waals surface area contributed by atoms with Crippen LogP contribution in [0.3, 0.4) is 0 Å². The summed E-state index contributed by atoms with van der Waals surface area (Å²) in [5.74, 6) is 1.51. The van der Waals surface area contributed by atoms with Crippen LogP contribution in [0.4, 0.5) is 0 Å². The quantitative estimate of drug-likeness (QED) is 0.468. The van der Waals surface area contributed by atoms with Gasteiger partial charge in [-0.2, -0.15) is 0 Å². The highest BCUT2D eigenvalue weighted by Crippen LogP contribution is 2.59. The first-order valence-corrected chi connectivity index (χ1v) is 9.52. The first-order valence-electron chi connectivity index (χ1n) is 8.76. The van der Waals surface area contributed by atoms with Crippen molar-refractivity contribution in [2.24, 2.45) is 17.3 Å². The number of carbonyl (C=O) groups is 1. The SMILES string of the molecule is C[C@@H](Oc1ccc(Cl)cc1Cl)C(=O)OCCC1=CC[C@@H]2C[C@@H]1C2(C)C. The zero-order valence-corrected chi connectivity index (χ0v) is 16.4. The Balaban J connectivity index is 1.47. The minimum absolute atomic E-state index is 0.376. The lowest BCUT2D eigenvalue weighted by Crippen LogP contribution is -2.48. The van der Waals surface area contributed by atoms with Crippen molar-refractivity contribution in [3.8, 4) is 5.75 Å². The molecule has 0 amide bonds. The van der Waals surface area contributed by atoms with E-state index in [4.69, 9.17) is 32.7 Å². The van der Waals surface area contributed by atoms with Crippen molar-refractivity contribution in [3.63, 3.8) is 0 Å². The van der Waals surface area contributed by atoms with Crippen molar-refractivity contribution in [1.82, 2.24) is 0 Å². The molecule has 0 saturated heterocycles. The molecule has 0 aromatic heterocycles. The fourth-order valence-corrected chi connectivity index (χ4v) is 4.41. The molecular formula is C20H24Cl2O3. The molecule has 0 heterocycles. The Kier molecular flexibility index (Phi) is 5.36. The molecule has 1 aromatic rings. The second-order valence-corrected chi connectivity index (χ2v) is 8.42. The summed E-state index contributed by atoms with van der Waals surface area (Å²) in [6.07, 6.45) is 4.86. The summed E-state index contributed by atoms with van der Waals surface area (Å²) in [7, 11) is 0. The largest absolute Gasteiger partial charge is 0.477 e. The minimum Gasteiger partial charge on any atom is -0.477 e. The van der Waals surface area contributed by atoms with E-state index < -0.39 is 6.10 Å². The van der Waals surface area contributed by atoms with E-state index in [0.29, 0.717) is 33.7 Å². The van der Waals surface area contributed by atoms with Gasteiger partial charge in [0.25, 0.3) is 0 Å². The van der Waals surface area contributed by atoms with Gasteiger partial charge in [0.05, 0.1) is 11.6 Å². The van der Waals surface area contributed by atoms with Crippen LogP contribution in [0.25, 0.3) is 0 Å². The molecule has 5 heteroatoms. The molecule has 25 heavy (non-hydrogen) atoms. The summed E-state index contributed by atoms with van der Waals surface area (Å²) < 4.78 is 11.0. The molecule has 3 nitrogen and oxygen atoms in total. The minimum atomic E-state index is -0.719. The number of hydrogen-bond donors (Lipinski definition) is 0. The Morgan fingerprint density at radius 2 is 2.12 bits per heavy atom. The standard InChI is InChI=1S/C20H24Cl2O3/c1-12(25-18-7-6-15(21)11-17(18)22)19(23)24-9-8-13-4-5-14-10-16(13)20(14,2)3/h4,6-7,11-12,14,16H,5,8-10H2,1-3H3/t12-,14-,16+/m1/s1. The van der Waals surface area contributed by atoms with Gasteiger partial charge in [-0.05, 0) is 55.2 Å². The van der Waals surface area contributed by atoms with Crippen LogP contribution in [-0.2, 0) is 9.53 Å². The van der Waals surface area contributed by atoms with Crippen molar-refractivity contribution < 1.29 is 14.3 Å². The Labute approximate surface area is 159 Å². The van der Waals surface area contributed by atoms with Crippen molar-refractivity contribution in [2.45, 2.75) is 46.1 Å². The third-order valence-corrected chi connectivity index (χ3v) is 6.28. The average molecular weight is 383 g/mol. The van der Waals surface area contributed by atoms with Gasteiger partial charge < -0.3 is 9.47 Å². The first kappa shape index (κ1) is 18.6. The lowest BCUT2D eigenvalue weighted by Gasteiger charge is -2.56. The van der Waals surface area contributed by atoms with Crippen molar-refractivity contribution in [2.75, 3.05) is 6.61 Å². The molecule has 4 rings (SSSR count). The highest BCUT2D eigenvalue weighted by molar-refractivity contribution is 6.35. The summed E-state index contributed by atoms with van der Waals surface area (Å²) in [6, 6.07) is 4.90. The molecule has 0 unspecified atom stereocenters. The van der Waals surface area contributed by atoms with Crippen LogP contribution >= 0.6 is 23.2 Å². The molecular weight excluding hydrogens is 359 g/mol. The topological polar surface area (TPSA) is 35.5 Å². The predicted molar refractivity (Wildman–Crippen MR) is 100 cm³/mol. The molecule has 3 aliphatic carbocycles. The van der Waals surface area contributed by atoms with Gasteiger partial charge in [0, 0.05) is 11.4 Å². The van der Waals surface area contributed by atoms with Gasteiger partial charge in [0.1, 0.15) is 5.75 Å². The number of carbonyl (C=O) groups excluding carboxylic acids is 1. The van der Waals surface area contributed by atoms with Crippen LogP contribution in [0.2, 0.25) is 10.0 Å². The maximum absolute atomic E-state index is 12.2. The highest BCUT2D eigenvalue weighted by Gasteiger charge is 2.50. The fraction of sp³-hybridized carbons (Fsp3) is 0.550. The molecule has 0 N–H and O–H groups in total. The molecule has 0 radical (unpaired) electrons. The first-order chi connectivity index (χ1) is 11.8. The van der Waals surface area contributed by atoms with Crippen molar-refractivity contribution in [3.05, 3.63) is 39.9 Å². The Morgan fingerprint density at radius 3 is 2.76 bits per heavy atom. The van der Waals surface area contributed by atoms with Crippen LogP contribution in [0.1, 0.15) is 40.0 Å².